The fraction of sp³-hybridized carbons (Fsp3) is 0.143. The average molecular weight is 399 g/mol. The van der Waals surface area contributed by atoms with Gasteiger partial charge in [-0.15, -0.1) is 6.58 Å². The maximum Gasteiger partial charge on any atom is 0.266 e. The van der Waals surface area contributed by atoms with Crippen LogP contribution in [0.15, 0.2) is 48.6 Å². The maximum atomic E-state index is 12.6. The van der Waals surface area contributed by atoms with Gasteiger partial charge in [0.05, 0.1) is 19.9 Å². The third kappa shape index (κ3) is 4.84. The standard InChI is InChI=1S/C21H19ClN2O4/c1-4-5-14-8-13(10-19(28-3)20(14)25)9-15(12-23)21(26)24-17-11-16(22)6-7-18(17)27-2/h4,6-11,25H,1,5H2,2-3H3,(H,24,26)/b15-9+. The first-order chi connectivity index (χ1) is 13.4. The smallest absolute Gasteiger partial charge is 0.266 e. The van der Waals surface area contributed by atoms with Gasteiger partial charge in [-0.1, -0.05) is 17.7 Å². The molecule has 0 saturated carbocycles. The highest BCUT2D eigenvalue weighted by Gasteiger charge is 2.15. The number of hydrogen-bond acceptors (Lipinski definition) is 5. The molecule has 0 aliphatic rings. The number of ether oxygens (including phenoxy) is 2. The van der Waals surface area contributed by atoms with Crippen LogP contribution in [-0.2, 0) is 11.2 Å². The van der Waals surface area contributed by atoms with Crippen LogP contribution >= 0.6 is 11.6 Å². The first-order valence-corrected chi connectivity index (χ1v) is 8.58. The lowest BCUT2D eigenvalue weighted by Crippen LogP contribution is -2.14. The number of phenols is 1. The van der Waals surface area contributed by atoms with E-state index < -0.39 is 5.91 Å². The summed E-state index contributed by atoms with van der Waals surface area (Å²) in [4.78, 5) is 12.6. The Morgan fingerprint density at radius 3 is 2.61 bits per heavy atom. The summed E-state index contributed by atoms with van der Waals surface area (Å²) >= 11 is 5.96. The Balaban J connectivity index is 2.40. The summed E-state index contributed by atoms with van der Waals surface area (Å²) in [7, 11) is 2.88. The molecule has 0 aromatic heterocycles. The maximum absolute atomic E-state index is 12.6. The summed E-state index contributed by atoms with van der Waals surface area (Å²) in [6.45, 7) is 3.65. The molecule has 0 radical (unpaired) electrons. The van der Waals surface area contributed by atoms with Gasteiger partial charge in [0.2, 0.25) is 0 Å². The zero-order valence-corrected chi connectivity index (χ0v) is 16.2. The van der Waals surface area contributed by atoms with Gasteiger partial charge in [-0.05, 0) is 48.4 Å². The Morgan fingerprint density at radius 1 is 1.29 bits per heavy atom. The van der Waals surface area contributed by atoms with Crippen molar-refractivity contribution in [1.29, 1.82) is 5.26 Å². The van der Waals surface area contributed by atoms with Crippen LogP contribution in [0, 0.1) is 11.3 Å². The molecule has 1 amide bonds. The fourth-order valence-corrected chi connectivity index (χ4v) is 2.69. The Kier molecular flexibility index (Phi) is 7.08. The minimum Gasteiger partial charge on any atom is -0.504 e. The molecule has 2 N–H and O–H groups in total. The molecule has 0 aliphatic heterocycles. The van der Waals surface area contributed by atoms with Crippen molar-refractivity contribution in [3.63, 3.8) is 0 Å². The van der Waals surface area contributed by atoms with E-state index in [1.165, 1.54) is 32.4 Å². The highest BCUT2D eigenvalue weighted by Crippen LogP contribution is 2.33. The van der Waals surface area contributed by atoms with Crippen LogP contribution in [0.1, 0.15) is 11.1 Å². The number of benzene rings is 2. The lowest BCUT2D eigenvalue weighted by atomic mass is 10.0. The molecular weight excluding hydrogens is 380 g/mol. The van der Waals surface area contributed by atoms with E-state index in [4.69, 9.17) is 21.1 Å². The van der Waals surface area contributed by atoms with Crippen molar-refractivity contribution in [3.8, 4) is 23.3 Å². The first kappa shape index (κ1) is 20.9. The van der Waals surface area contributed by atoms with Crippen LogP contribution in [0.3, 0.4) is 0 Å². The normalized spacial score (nSPS) is 10.7. The van der Waals surface area contributed by atoms with E-state index in [9.17, 15) is 15.2 Å². The number of carbonyl (C=O) groups is 1. The fourth-order valence-electron chi connectivity index (χ4n) is 2.52. The van der Waals surface area contributed by atoms with Gasteiger partial charge in [-0.25, -0.2) is 0 Å². The molecule has 0 bridgehead atoms. The molecule has 0 fully saturated rings. The topological polar surface area (TPSA) is 91.6 Å². The Bertz CT molecular complexity index is 977. The third-order valence-corrected chi connectivity index (χ3v) is 4.08. The minimum atomic E-state index is -0.625. The highest BCUT2D eigenvalue weighted by atomic mass is 35.5. The lowest BCUT2D eigenvalue weighted by Gasteiger charge is -2.11. The molecule has 144 valence electrons. The summed E-state index contributed by atoms with van der Waals surface area (Å²) in [6, 6.07) is 9.83. The van der Waals surface area contributed by atoms with Crippen LogP contribution in [-0.4, -0.2) is 25.2 Å². The molecule has 2 aromatic rings. The molecule has 6 nitrogen and oxygen atoms in total. The van der Waals surface area contributed by atoms with Gasteiger partial charge in [0, 0.05) is 10.6 Å². The molecule has 7 heteroatoms. The summed E-state index contributed by atoms with van der Waals surface area (Å²) < 4.78 is 10.3. The van der Waals surface area contributed by atoms with Gasteiger partial charge >= 0.3 is 0 Å². The number of methoxy groups -OCH3 is 2. The van der Waals surface area contributed by atoms with Gasteiger partial charge < -0.3 is 19.9 Å². The highest BCUT2D eigenvalue weighted by molar-refractivity contribution is 6.31. The number of carbonyl (C=O) groups excluding carboxylic acids is 1. The molecule has 2 rings (SSSR count). The lowest BCUT2D eigenvalue weighted by molar-refractivity contribution is -0.112. The van der Waals surface area contributed by atoms with E-state index in [-0.39, 0.29) is 17.1 Å². The van der Waals surface area contributed by atoms with Crippen molar-refractivity contribution in [3.05, 3.63) is 64.7 Å². The molecule has 2 aromatic carbocycles. The summed E-state index contributed by atoms with van der Waals surface area (Å²) in [5, 5.41) is 22.6. The van der Waals surface area contributed by atoms with E-state index >= 15 is 0 Å². The average Bonchev–Trinajstić information content (AvgIpc) is 2.68. The van der Waals surface area contributed by atoms with Crippen LogP contribution in [0.25, 0.3) is 6.08 Å². The van der Waals surface area contributed by atoms with Gasteiger partial charge in [0.1, 0.15) is 17.4 Å². The number of allylic oxidation sites excluding steroid dienone is 1. The molecule has 0 aliphatic carbocycles. The van der Waals surface area contributed by atoms with Crippen molar-refractivity contribution in [2.24, 2.45) is 0 Å². The molecule has 0 unspecified atom stereocenters. The molecule has 0 atom stereocenters. The van der Waals surface area contributed by atoms with E-state index in [1.807, 2.05) is 6.07 Å². The number of rotatable bonds is 7. The monoisotopic (exact) mass is 398 g/mol. The van der Waals surface area contributed by atoms with Crippen LogP contribution in [0.4, 0.5) is 5.69 Å². The Labute approximate surface area is 168 Å². The second-order valence-electron chi connectivity index (χ2n) is 5.69. The number of amides is 1. The van der Waals surface area contributed by atoms with E-state index in [2.05, 4.69) is 11.9 Å². The quantitative estimate of drug-likeness (QED) is 0.411. The third-order valence-electron chi connectivity index (χ3n) is 3.85. The number of nitrogens with one attached hydrogen (secondary N) is 1. The van der Waals surface area contributed by atoms with Gasteiger partial charge in [0.25, 0.3) is 5.91 Å². The van der Waals surface area contributed by atoms with Gasteiger partial charge in [0.15, 0.2) is 11.5 Å². The number of anilines is 1. The van der Waals surface area contributed by atoms with E-state index in [1.54, 1.807) is 24.3 Å². The van der Waals surface area contributed by atoms with E-state index in [0.717, 1.165) is 0 Å². The zero-order chi connectivity index (χ0) is 20.7. The second-order valence-corrected chi connectivity index (χ2v) is 6.13. The number of hydrogen-bond donors (Lipinski definition) is 2. The predicted octanol–water partition coefficient (Wildman–Crippen LogP) is 4.34. The SMILES string of the molecule is C=CCc1cc(/C=C(\C#N)C(=O)Nc2cc(Cl)ccc2OC)cc(OC)c1O. The van der Waals surface area contributed by atoms with Gasteiger partial charge in [-0.3, -0.25) is 4.79 Å². The largest absolute Gasteiger partial charge is 0.504 e. The number of nitrogens with zero attached hydrogens (tertiary/aromatic N) is 1. The summed E-state index contributed by atoms with van der Waals surface area (Å²) in [6.07, 6.45) is 3.43. The van der Waals surface area contributed by atoms with Crippen molar-refractivity contribution in [2.45, 2.75) is 6.42 Å². The predicted molar refractivity (Wildman–Crippen MR) is 109 cm³/mol. The first-order valence-electron chi connectivity index (χ1n) is 8.21. The Morgan fingerprint density at radius 2 is 2.00 bits per heavy atom. The number of halogens is 1. The van der Waals surface area contributed by atoms with E-state index in [0.29, 0.717) is 34.0 Å². The summed E-state index contributed by atoms with van der Waals surface area (Å²) in [5.74, 6) is 0.0148. The molecule has 0 spiro atoms. The zero-order valence-electron chi connectivity index (χ0n) is 15.5. The van der Waals surface area contributed by atoms with Crippen molar-refractivity contribution in [2.75, 3.05) is 19.5 Å². The molecule has 28 heavy (non-hydrogen) atoms. The molecular formula is C21H19ClN2O4. The van der Waals surface area contributed by atoms with Crippen LogP contribution in [0.5, 0.6) is 17.2 Å². The molecule has 0 heterocycles. The minimum absolute atomic E-state index is 0.00817. The number of nitriles is 1. The number of phenolic OH excluding ortho intramolecular Hbond substituents is 1. The number of aromatic hydroxyl groups is 1. The molecule has 0 saturated heterocycles. The van der Waals surface area contributed by atoms with Gasteiger partial charge in [-0.2, -0.15) is 5.26 Å². The summed E-state index contributed by atoms with van der Waals surface area (Å²) in [5.41, 5.74) is 1.29. The van der Waals surface area contributed by atoms with Crippen molar-refractivity contribution < 1.29 is 19.4 Å². The Hall–Kier alpha value is -3.43. The second kappa shape index (κ2) is 9.49. The van der Waals surface area contributed by atoms with Crippen molar-refractivity contribution >= 4 is 29.3 Å². The van der Waals surface area contributed by atoms with Crippen molar-refractivity contribution in [1.82, 2.24) is 0 Å². The van der Waals surface area contributed by atoms with Crippen LogP contribution < -0.4 is 14.8 Å². The van der Waals surface area contributed by atoms with Crippen LogP contribution in [0.2, 0.25) is 5.02 Å².